The molecule has 0 radical (unpaired) electrons. The van der Waals surface area contributed by atoms with Crippen molar-refractivity contribution < 1.29 is 14.3 Å². The first-order valence-electron chi connectivity index (χ1n) is 3.60. The van der Waals surface area contributed by atoms with Crippen LogP contribution >= 0.6 is 0 Å². The van der Waals surface area contributed by atoms with Crippen LogP contribution in [-0.4, -0.2) is 31.7 Å². The predicted octanol–water partition coefficient (Wildman–Crippen LogP) is -0.00920. The summed E-state index contributed by atoms with van der Waals surface area (Å²) >= 11 is 0. The summed E-state index contributed by atoms with van der Waals surface area (Å²) in [4.78, 5) is 11.1. The minimum Gasteiger partial charge on any atom is -0.378 e. The topological polar surface area (TPSA) is 35.5 Å². The number of carbonyl (C=O) groups is 1. The van der Waals surface area contributed by atoms with Gasteiger partial charge in [0, 0.05) is 6.42 Å². The third kappa shape index (κ3) is 0.859. The Bertz CT molecular complexity index is 155. The van der Waals surface area contributed by atoms with Crippen molar-refractivity contribution in [1.29, 1.82) is 0 Å². The number of fused-ring (bicyclic) bond motifs is 1. The summed E-state index contributed by atoms with van der Waals surface area (Å²) in [6.07, 6.45) is 0.645. The smallest absolute Gasteiger partial charge is 0.143 e. The molecule has 0 bridgehead atoms. The molecular weight excluding hydrogens is 132 g/mol. The molecule has 2 aliphatic heterocycles. The zero-order chi connectivity index (χ0) is 6.97. The zero-order valence-corrected chi connectivity index (χ0v) is 5.71. The Hall–Kier alpha value is -0.410. The molecule has 2 heterocycles. The lowest BCUT2D eigenvalue weighted by molar-refractivity contribution is -0.133. The van der Waals surface area contributed by atoms with Gasteiger partial charge in [-0.25, -0.2) is 0 Å². The maximum Gasteiger partial charge on any atom is 0.143 e. The predicted molar refractivity (Wildman–Crippen MR) is 33.7 cm³/mol. The summed E-state index contributed by atoms with van der Waals surface area (Å²) in [6, 6.07) is 0. The Morgan fingerprint density at radius 2 is 2.30 bits per heavy atom. The van der Waals surface area contributed by atoms with Gasteiger partial charge in [0.25, 0.3) is 0 Å². The van der Waals surface area contributed by atoms with Gasteiger partial charge in [-0.1, -0.05) is 0 Å². The first-order chi connectivity index (χ1) is 4.88. The second-order valence-electron chi connectivity index (χ2n) is 2.77. The van der Waals surface area contributed by atoms with Gasteiger partial charge in [-0.15, -0.1) is 0 Å². The Morgan fingerprint density at radius 1 is 1.40 bits per heavy atom. The minimum absolute atomic E-state index is 0.0498. The van der Waals surface area contributed by atoms with Crippen molar-refractivity contribution in [3.63, 3.8) is 0 Å². The van der Waals surface area contributed by atoms with Crippen molar-refractivity contribution in [1.82, 2.24) is 0 Å². The van der Waals surface area contributed by atoms with Crippen LogP contribution in [0, 0.1) is 5.92 Å². The van der Waals surface area contributed by atoms with Crippen LogP contribution in [0.15, 0.2) is 0 Å². The molecular formula is C7H10O3. The van der Waals surface area contributed by atoms with Crippen LogP contribution < -0.4 is 0 Å². The summed E-state index contributed by atoms with van der Waals surface area (Å²) in [5.74, 6) is 0.363. The van der Waals surface area contributed by atoms with Crippen molar-refractivity contribution in [3.8, 4) is 0 Å². The Balaban J connectivity index is 2.10. The Kier molecular flexibility index (Phi) is 1.47. The van der Waals surface area contributed by atoms with Crippen LogP contribution in [0.4, 0.5) is 0 Å². The monoisotopic (exact) mass is 142 g/mol. The molecule has 2 aliphatic rings. The lowest BCUT2D eigenvalue weighted by atomic mass is 9.96. The first-order valence-corrected chi connectivity index (χ1v) is 3.60. The molecule has 10 heavy (non-hydrogen) atoms. The Morgan fingerprint density at radius 3 is 3.10 bits per heavy atom. The maximum absolute atomic E-state index is 11.1. The molecule has 2 unspecified atom stereocenters. The molecule has 3 nitrogen and oxygen atoms in total. The molecule has 2 rings (SSSR count). The highest BCUT2D eigenvalue weighted by molar-refractivity contribution is 5.82. The number of carbonyl (C=O) groups excluding carboxylic acids is 1. The fourth-order valence-electron chi connectivity index (χ4n) is 1.50. The van der Waals surface area contributed by atoms with Crippen LogP contribution in [0.25, 0.3) is 0 Å². The number of ether oxygens (including phenoxy) is 2. The molecule has 0 amide bonds. The summed E-state index contributed by atoms with van der Waals surface area (Å²) in [7, 11) is 0. The number of hydrogen-bond acceptors (Lipinski definition) is 3. The maximum atomic E-state index is 11.1. The van der Waals surface area contributed by atoms with Crippen molar-refractivity contribution in [2.75, 3.05) is 19.8 Å². The van der Waals surface area contributed by atoms with E-state index in [9.17, 15) is 4.79 Å². The third-order valence-electron chi connectivity index (χ3n) is 2.12. The van der Waals surface area contributed by atoms with E-state index >= 15 is 0 Å². The fraction of sp³-hybridized carbons (Fsp3) is 0.857. The van der Waals surface area contributed by atoms with Crippen LogP contribution in [0.5, 0.6) is 0 Å². The number of hydrogen-bond donors (Lipinski definition) is 0. The van der Waals surface area contributed by atoms with Crippen LogP contribution in [0.3, 0.4) is 0 Å². The molecule has 0 N–H and O–H groups in total. The molecule has 0 aromatic rings. The van der Waals surface area contributed by atoms with E-state index in [0.717, 1.165) is 0 Å². The summed E-state index contributed by atoms with van der Waals surface area (Å²) in [6.45, 7) is 1.77. The minimum atomic E-state index is 0.0498. The van der Waals surface area contributed by atoms with Crippen LogP contribution in [-0.2, 0) is 14.3 Å². The molecule has 2 atom stereocenters. The van der Waals surface area contributed by atoms with E-state index in [1.54, 1.807) is 0 Å². The van der Waals surface area contributed by atoms with Gasteiger partial charge in [0.05, 0.1) is 31.8 Å². The normalized spacial score (nSPS) is 39.8. The molecule has 0 aromatic carbocycles. The van der Waals surface area contributed by atoms with E-state index in [-0.39, 0.29) is 12.0 Å². The van der Waals surface area contributed by atoms with Gasteiger partial charge >= 0.3 is 0 Å². The molecule has 0 aromatic heterocycles. The van der Waals surface area contributed by atoms with Gasteiger partial charge in [0.1, 0.15) is 5.78 Å². The Labute approximate surface area is 59.3 Å². The van der Waals surface area contributed by atoms with E-state index < -0.39 is 0 Å². The second-order valence-corrected chi connectivity index (χ2v) is 2.77. The molecule has 2 fully saturated rings. The lowest BCUT2D eigenvalue weighted by Crippen LogP contribution is -2.35. The van der Waals surface area contributed by atoms with Crippen molar-refractivity contribution >= 4 is 5.78 Å². The molecule has 0 spiro atoms. The van der Waals surface area contributed by atoms with Gasteiger partial charge in [-0.2, -0.15) is 0 Å². The van der Waals surface area contributed by atoms with Crippen molar-refractivity contribution in [2.45, 2.75) is 12.5 Å². The van der Waals surface area contributed by atoms with E-state index in [4.69, 9.17) is 9.47 Å². The second kappa shape index (κ2) is 2.32. The summed E-state index contributed by atoms with van der Waals surface area (Å²) in [5.41, 5.74) is 0. The van der Waals surface area contributed by atoms with Crippen LogP contribution in [0.2, 0.25) is 0 Å². The van der Waals surface area contributed by atoms with Gasteiger partial charge in [0.15, 0.2) is 0 Å². The van der Waals surface area contributed by atoms with Crippen molar-refractivity contribution in [3.05, 3.63) is 0 Å². The lowest BCUT2D eigenvalue weighted by Gasteiger charge is -2.21. The zero-order valence-electron chi connectivity index (χ0n) is 5.71. The summed E-state index contributed by atoms with van der Waals surface area (Å²) < 4.78 is 10.4. The molecule has 3 heteroatoms. The number of ketones is 1. The summed E-state index contributed by atoms with van der Waals surface area (Å²) in [5, 5.41) is 0. The van der Waals surface area contributed by atoms with E-state index in [1.807, 2.05) is 0 Å². The fourth-order valence-corrected chi connectivity index (χ4v) is 1.50. The highest BCUT2D eigenvalue weighted by Crippen LogP contribution is 2.23. The van der Waals surface area contributed by atoms with Gasteiger partial charge in [0.2, 0.25) is 0 Å². The standard InChI is InChI=1S/C7H10O3/c8-6-1-2-10-7-4-9-3-5(6)7/h5,7H,1-4H2. The molecule has 0 saturated carbocycles. The van der Waals surface area contributed by atoms with Gasteiger partial charge in [-0.3, -0.25) is 4.79 Å². The highest BCUT2D eigenvalue weighted by atomic mass is 16.5. The van der Waals surface area contributed by atoms with E-state index in [1.165, 1.54) is 0 Å². The molecule has 0 aliphatic carbocycles. The van der Waals surface area contributed by atoms with Crippen LogP contribution in [0.1, 0.15) is 6.42 Å². The third-order valence-corrected chi connectivity index (χ3v) is 2.12. The average Bonchev–Trinajstić information content (AvgIpc) is 2.36. The van der Waals surface area contributed by atoms with Crippen molar-refractivity contribution in [2.24, 2.45) is 5.92 Å². The van der Waals surface area contributed by atoms with E-state index in [2.05, 4.69) is 0 Å². The van der Waals surface area contributed by atoms with E-state index in [0.29, 0.717) is 32.0 Å². The average molecular weight is 142 g/mol. The van der Waals surface area contributed by atoms with Gasteiger partial charge in [-0.05, 0) is 0 Å². The molecule has 2 saturated heterocycles. The quantitative estimate of drug-likeness (QED) is 0.477. The molecule has 56 valence electrons. The number of Topliss-reactive ketones (excluding diaryl/α,β-unsaturated/α-hetero) is 1. The number of rotatable bonds is 0. The van der Waals surface area contributed by atoms with Gasteiger partial charge < -0.3 is 9.47 Å². The first kappa shape index (κ1) is 6.31. The largest absolute Gasteiger partial charge is 0.378 e. The SMILES string of the molecule is O=C1CCOC2COCC12. The highest BCUT2D eigenvalue weighted by Gasteiger charge is 2.37.